The van der Waals surface area contributed by atoms with E-state index in [2.05, 4.69) is 17.0 Å². The molecule has 0 spiro atoms. The summed E-state index contributed by atoms with van der Waals surface area (Å²) in [5.41, 5.74) is 1.48. The number of nitrogens with zero attached hydrogens (tertiary/aromatic N) is 3. The van der Waals surface area contributed by atoms with E-state index in [1.807, 2.05) is 58.1 Å². The van der Waals surface area contributed by atoms with Crippen molar-refractivity contribution in [3.05, 3.63) is 35.2 Å². The van der Waals surface area contributed by atoms with Gasteiger partial charge in [-0.05, 0) is 20.9 Å². The highest BCUT2D eigenvalue weighted by Crippen LogP contribution is 2.33. The molecular weight excluding hydrogens is 294 g/mol. The van der Waals surface area contributed by atoms with E-state index in [1.54, 1.807) is 11.3 Å². The molecule has 0 amide bonds. The van der Waals surface area contributed by atoms with Crippen LogP contribution >= 0.6 is 11.3 Å². The summed E-state index contributed by atoms with van der Waals surface area (Å²) in [4.78, 5) is 10.2. The van der Waals surface area contributed by atoms with Crippen molar-refractivity contribution in [2.45, 2.75) is 26.0 Å². The van der Waals surface area contributed by atoms with Crippen LogP contribution in [0.5, 0.6) is 0 Å². The molecule has 0 saturated carbocycles. The van der Waals surface area contributed by atoms with Crippen molar-refractivity contribution in [2.75, 3.05) is 32.6 Å². The van der Waals surface area contributed by atoms with Gasteiger partial charge in [-0.1, -0.05) is 41.7 Å². The average Bonchev–Trinajstić information content (AvgIpc) is 2.81. The van der Waals surface area contributed by atoms with Gasteiger partial charge in [0.25, 0.3) is 0 Å². The van der Waals surface area contributed by atoms with E-state index < -0.39 is 5.60 Å². The number of likely N-dealkylation sites (N-methyl/N-ethyl adjacent to an activating group) is 1. The molecule has 2 rings (SSSR count). The molecule has 0 bridgehead atoms. The van der Waals surface area contributed by atoms with Gasteiger partial charge < -0.3 is 10.0 Å². The molecule has 4 nitrogen and oxygen atoms in total. The standard InChI is InChI=1S/C17H25N3OS/c1-17(2,21)12-20(5)11-14-15(13-9-7-6-8-10-13)18-16(22-14)19(3)4/h6-10,21H,11-12H2,1-5H3. The molecule has 0 radical (unpaired) electrons. The molecule has 0 aliphatic heterocycles. The number of hydrogen-bond donors (Lipinski definition) is 1. The molecule has 0 aliphatic rings. The van der Waals surface area contributed by atoms with Gasteiger partial charge >= 0.3 is 0 Å². The van der Waals surface area contributed by atoms with Crippen molar-refractivity contribution >= 4 is 16.5 Å². The molecule has 0 atom stereocenters. The van der Waals surface area contributed by atoms with Crippen LogP contribution in [0, 0.1) is 0 Å². The maximum atomic E-state index is 9.98. The summed E-state index contributed by atoms with van der Waals surface area (Å²) in [5.74, 6) is 0. The third kappa shape index (κ3) is 4.53. The molecule has 0 unspecified atom stereocenters. The molecule has 1 aromatic carbocycles. The van der Waals surface area contributed by atoms with Crippen LogP contribution in [0.15, 0.2) is 30.3 Å². The Kier molecular flexibility index (Phi) is 5.21. The first-order valence-corrected chi connectivity index (χ1v) is 8.21. The maximum Gasteiger partial charge on any atom is 0.185 e. The van der Waals surface area contributed by atoms with Gasteiger partial charge in [0.2, 0.25) is 0 Å². The van der Waals surface area contributed by atoms with E-state index >= 15 is 0 Å². The van der Waals surface area contributed by atoms with Crippen molar-refractivity contribution in [3.8, 4) is 11.3 Å². The van der Waals surface area contributed by atoms with E-state index in [9.17, 15) is 5.11 Å². The number of aromatic nitrogens is 1. The SMILES string of the molecule is CN(Cc1sc(N(C)C)nc1-c1ccccc1)CC(C)(C)O. The molecule has 5 heteroatoms. The van der Waals surface area contributed by atoms with Crippen molar-refractivity contribution in [1.82, 2.24) is 9.88 Å². The minimum atomic E-state index is -0.698. The van der Waals surface area contributed by atoms with Crippen LogP contribution in [-0.2, 0) is 6.54 Å². The van der Waals surface area contributed by atoms with Crippen molar-refractivity contribution in [2.24, 2.45) is 0 Å². The lowest BCUT2D eigenvalue weighted by atomic mass is 10.1. The molecule has 1 aromatic heterocycles. The van der Waals surface area contributed by atoms with Crippen molar-refractivity contribution < 1.29 is 5.11 Å². The first-order chi connectivity index (χ1) is 10.3. The molecule has 0 saturated heterocycles. The largest absolute Gasteiger partial charge is 0.389 e. The monoisotopic (exact) mass is 319 g/mol. The molecule has 1 heterocycles. The van der Waals surface area contributed by atoms with Gasteiger partial charge in [0, 0.05) is 37.6 Å². The van der Waals surface area contributed by atoms with Crippen LogP contribution < -0.4 is 4.90 Å². The first-order valence-electron chi connectivity index (χ1n) is 7.39. The molecule has 120 valence electrons. The normalized spacial score (nSPS) is 12.0. The highest BCUT2D eigenvalue weighted by atomic mass is 32.1. The number of anilines is 1. The Balaban J connectivity index is 2.29. The number of aliphatic hydroxyl groups is 1. The zero-order valence-corrected chi connectivity index (χ0v) is 14.8. The lowest BCUT2D eigenvalue weighted by Gasteiger charge is -2.25. The number of hydrogen-bond acceptors (Lipinski definition) is 5. The van der Waals surface area contributed by atoms with Crippen LogP contribution in [0.3, 0.4) is 0 Å². The Morgan fingerprint density at radius 3 is 2.32 bits per heavy atom. The van der Waals surface area contributed by atoms with E-state index in [1.165, 1.54) is 4.88 Å². The fourth-order valence-corrected chi connectivity index (χ4v) is 3.51. The maximum absolute atomic E-state index is 9.98. The van der Waals surface area contributed by atoms with Gasteiger partial charge in [0.15, 0.2) is 5.13 Å². The van der Waals surface area contributed by atoms with Crippen molar-refractivity contribution in [3.63, 3.8) is 0 Å². The zero-order valence-electron chi connectivity index (χ0n) is 14.0. The van der Waals surface area contributed by atoms with Gasteiger partial charge in [-0.2, -0.15) is 0 Å². The molecule has 0 aliphatic carbocycles. The molecular formula is C17H25N3OS. The second-order valence-electron chi connectivity index (χ2n) is 6.51. The van der Waals surface area contributed by atoms with Gasteiger partial charge in [0.05, 0.1) is 11.3 Å². The fraction of sp³-hybridized carbons (Fsp3) is 0.471. The molecule has 0 fully saturated rings. The summed E-state index contributed by atoms with van der Waals surface area (Å²) in [6.07, 6.45) is 0. The molecule has 1 N–H and O–H groups in total. The summed E-state index contributed by atoms with van der Waals surface area (Å²) in [6, 6.07) is 10.3. The first kappa shape index (κ1) is 16.9. The lowest BCUT2D eigenvalue weighted by Crippen LogP contribution is -2.35. The van der Waals surface area contributed by atoms with Crippen LogP contribution in [0.25, 0.3) is 11.3 Å². The fourth-order valence-electron chi connectivity index (χ4n) is 2.42. The van der Waals surface area contributed by atoms with Gasteiger partial charge in [-0.15, -0.1) is 0 Å². The second kappa shape index (κ2) is 6.77. The average molecular weight is 319 g/mol. The van der Waals surface area contributed by atoms with Crippen LogP contribution in [0.4, 0.5) is 5.13 Å². The third-order valence-electron chi connectivity index (χ3n) is 3.19. The predicted molar refractivity (Wildman–Crippen MR) is 94.5 cm³/mol. The van der Waals surface area contributed by atoms with Crippen LogP contribution in [0.2, 0.25) is 0 Å². The third-order valence-corrected chi connectivity index (χ3v) is 4.39. The quantitative estimate of drug-likeness (QED) is 0.888. The minimum absolute atomic E-state index is 0.621. The molecule has 22 heavy (non-hydrogen) atoms. The highest BCUT2D eigenvalue weighted by Gasteiger charge is 2.19. The van der Waals surface area contributed by atoms with Crippen LogP contribution in [-0.4, -0.2) is 48.3 Å². The predicted octanol–water partition coefficient (Wildman–Crippen LogP) is 3.08. The van der Waals surface area contributed by atoms with Gasteiger partial charge in [-0.25, -0.2) is 4.98 Å². The van der Waals surface area contributed by atoms with E-state index in [-0.39, 0.29) is 0 Å². The smallest absolute Gasteiger partial charge is 0.185 e. The number of benzene rings is 1. The summed E-state index contributed by atoms with van der Waals surface area (Å²) < 4.78 is 0. The number of rotatable bonds is 6. The Bertz CT molecular complexity index is 602. The number of thiazole rings is 1. The minimum Gasteiger partial charge on any atom is -0.389 e. The Morgan fingerprint density at radius 2 is 1.77 bits per heavy atom. The van der Waals surface area contributed by atoms with E-state index in [0.29, 0.717) is 6.54 Å². The second-order valence-corrected chi connectivity index (χ2v) is 7.58. The summed E-state index contributed by atoms with van der Waals surface area (Å²) >= 11 is 1.71. The Hall–Kier alpha value is -1.43. The van der Waals surface area contributed by atoms with E-state index in [0.717, 1.165) is 22.9 Å². The Morgan fingerprint density at radius 1 is 1.14 bits per heavy atom. The van der Waals surface area contributed by atoms with Crippen LogP contribution in [0.1, 0.15) is 18.7 Å². The zero-order chi connectivity index (χ0) is 16.3. The van der Waals surface area contributed by atoms with E-state index in [4.69, 9.17) is 4.98 Å². The molecule has 2 aromatic rings. The Labute approximate surface area is 137 Å². The van der Waals surface area contributed by atoms with Gasteiger partial charge in [-0.3, -0.25) is 4.90 Å². The summed E-state index contributed by atoms with van der Waals surface area (Å²) in [5, 5.41) is 11.0. The van der Waals surface area contributed by atoms with Crippen molar-refractivity contribution in [1.29, 1.82) is 0 Å². The topological polar surface area (TPSA) is 39.6 Å². The van der Waals surface area contributed by atoms with Gasteiger partial charge in [0.1, 0.15) is 0 Å². The summed E-state index contributed by atoms with van der Waals surface area (Å²) in [7, 11) is 6.05. The highest BCUT2D eigenvalue weighted by molar-refractivity contribution is 7.16. The lowest BCUT2D eigenvalue weighted by molar-refractivity contribution is 0.0428. The summed E-state index contributed by atoms with van der Waals surface area (Å²) in [6.45, 7) is 5.06.